The van der Waals surface area contributed by atoms with E-state index in [0.717, 1.165) is 13.1 Å². The fourth-order valence-corrected chi connectivity index (χ4v) is 4.60. The van der Waals surface area contributed by atoms with Crippen molar-refractivity contribution in [2.75, 3.05) is 44.4 Å². The number of anilines is 1. The SMILES string of the molecule is Cc1ccc(CN2CCOCC3(C2)CN(c2ccc(F)cc2)C(=O)CO3)s1. The summed E-state index contributed by atoms with van der Waals surface area (Å²) < 4.78 is 25.1. The van der Waals surface area contributed by atoms with E-state index in [0.29, 0.717) is 32.0 Å². The highest BCUT2D eigenvalue weighted by Crippen LogP contribution is 2.28. The molecule has 1 aromatic carbocycles. The summed E-state index contributed by atoms with van der Waals surface area (Å²) in [5.74, 6) is -0.429. The van der Waals surface area contributed by atoms with Crippen LogP contribution < -0.4 is 4.90 Å². The molecule has 1 aromatic heterocycles. The lowest BCUT2D eigenvalue weighted by atomic mass is 10.0. The van der Waals surface area contributed by atoms with Gasteiger partial charge in [-0.2, -0.15) is 0 Å². The highest BCUT2D eigenvalue weighted by Gasteiger charge is 2.43. The number of ether oxygens (including phenoxy) is 2. The topological polar surface area (TPSA) is 42.0 Å². The van der Waals surface area contributed by atoms with Crippen molar-refractivity contribution < 1.29 is 18.7 Å². The number of halogens is 1. The number of hydrogen-bond acceptors (Lipinski definition) is 5. The largest absolute Gasteiger partial charge is 0.377 e. The van der Waals surface area contributed by atoms with E-state index in [1.165, 1.54) is 21.9 Å². The van der Waals surface area contributed by atoms with Crippen molar-refractivity contribution in [3.05, 3.63) is 52.0 Å². The summed E-state index contributed by atoms with van der Waals surface area (Å²) in [7, 11) is 0. The third-order valence-electron chi connectivity index (χ3n) is 4.99. The molecule has 7 heteroatoms. The molecule has 0 saturated carbocycles. The molecule has 0 aliphatic carbocycles. The average molecular weight is 390 g/mol. The van der Waals surface area contributed by atoms with Crippen LogP contribution in [-0.2, 0) is 20.8 Å². The fraction of sp³-hybridized carbons (Fsp3) is 0.450. The van der Waals surface area contributed by atoms with Gasteiger partial charge in [0.15, 0.2) is 0 Å². The normalized spacial score (nSPS) is 24.4. The fourth-order valence-electron chi connectivity index (χ4n) is 3.66. The Morgan fingerprint density at radius 2 is 2.00 bits per heavy atom. The summed E-state index contributed by atoms with van der Waals surface area (Å²) in [5.41, 5.74) is 0.110. The summed E-state index contributed by atoms with van der Waals surface area (Å²) in [6.07, 6.45) is 0. The minimum Gasteiger partial charge on any atom is -0.377 e. The lowest BCUT2D eigenvalue weighted by Crippen LogP contribution is -2.60. The zero-order valence-corrected chi connectivity index (χ0v) is 16.1. The second kappa shape index (κ2) is 7.67. The van der Waals surface area contributed by atoms with E-state index < -0.39 is 5.60 Å². The van der Waals surface area contributed by atoms with Crippen LogP contribution in [0.25, 0.3) is 0 Å². The van der Waals surface area contributed by atoms with Crippen molar-refractivity contribution in [3.8, 4) is 0 Å². The Hall–Kier alpha value is -1.80. The first-order chi connectivity index (χ1) is 13.0. The number of thiophene rings is 1. The van der Waals surface area contributed by atoms with Gasteiger partial charge in [0.1, 0.15) is 18.0 Å². The molecule has 2 aliphatic rings. The average Bonchev–Trinajstić information content (AvgIpc) is 2.96. The van der Waals surface area contributed by atoms with Gasteiger partial charge >= 0.3 is 0 Å². The van der Waals surface area contributed by atoms with E-state index in [4.69, 9.17) is 9.47 Å². The first-order valence-electron chi connectivity index (χ1n) is 9.08. The predicted molar refractivity (Wildman–Crippen MR) is 103 cm³/mol. The number of amides is 1. The van der Waals surface area contributed by atoms with Gasteiger partial charge in [0.05, 0.1) is 19.8 Å². The van der Waals surface area contributed by atoms with Crippen LogP contribution in [0.4, 0.5) is 10.1 Å². The first kappa shape index (κ1) is 18.6. The Morgan fingerprint density at radius 3 is 2.74 bits per heavy atom. The highest BCUT2D eigenvalue weighted by atomic mass is 32.1. The molecule has 2 saturated heterocycles. The van der Waals surface area contributed by atoms with Crippen LogP contribution in [0.15, 0.2) is 36.4 Å². The molecule has 2 aromatic rings. The van der Waals surface area contributed by atoms with E-state index in [2.05, 4.69) is 24.0 Å². The van der Waals surface area contributed by atoms with E-state index in [-0.39, 0.29) is 18.3 Å². The van der Waals surface area contributed by atoms with Crippen molar-refractivity contribution >= 4 is 22.9 Å². The monoisotopic (exact) mass is 390 g/mol. The highest BCUT2D eigenvalue weighted by molar-refractivity contribution is 7.11. The van der Waals surface area contributed by atoms with E-state index in [9.17, 15) is 9.18 Å². The summed E-state index contributed by atoms with van der Waals surface area (Å²) in [4.78, 5) is 19.0. The lowest BCUT2D eigenvalue weighted by Gasteiger charge is -2.43. The lowest BCUT2D eigenvalue weighted by molar-refractivity contribution is -0.146. The van der Waals surface area contributed by atoms with E-state index in [1.54, 1.807) is 28.4 Å². The minimum atomic E-state index is -0.578. The van der Waals surface area contributed by atoms with Crippen LogP contribution in [0.1, 0.15) is 9.75 Å². The zero-order chi connectivity index (χ0) is 18.9. The number of hydrogen-bond donors (Lipinski definition) is 0. The molecule has 2 fully saturated rings. The first-order valence-corrected chi connectivity index (χ1v) is 9.90. The summed E-state index contributed by atoms with van der Waals surface area (Å²) >= 11 is 1.80. The van der Waals surface area contributed by atoms with Gasteiger partial charge in [-0.15, -0.1) is 11.3 Å². The Kier molecular flexibility index (Phi) is 5.27. The summed E-state index contributed by atoms with van der Waals surface area (Å²) in [6.45, 7) is 5.96. The maximum atomic E-state index is 13.3. The number of benzene rings is 1. The van der Waals surface area contributed by atoms with E-state index >= 15 is 0 Å². The molecule has 0 bridgehead atoms. The van der Waals surface area contributed by atoms with E-state index in [1.807, 2.05) is 0 Å². The molecular formula is C20H23FN2O3S. The van der Waals surface area contributed by atoms with Gasteiger partial charge < -0.3 is 14.4 Å². The smallest absolute Gasteiger partial charge is 0.253 e. The van der Waals surface area contributed by atoms with Crippen LogP contribution in [0, 0.1) is 12.7 Å². The number of carbonyl (C=O) groups excluding carboxylic acids is 1. The zero-order valence-electron chi connectivity index (χ0n) is 15.3. The van der Waals surface area contributed by atoms with Crippen LogP contribution >= 0.6 is 11.3 Å². The molecule has 2 aliphatic heterocycles. The van der Waals surface area contributed by atoms with Crippen molar-refractivity contribution in [3.63, 3.8) is 0 Å². The summed E-state index contributed by atoms with van der Waals surface area (Å²) in [6, 6.07) is 10.3. The summed E-state index contributed by atoms with van der Waals surface area (Å²) in [5, 5.41) is 0. The molecule has 0 radical (unpaired) electrons. The van der Waals surface area contributed by atoms with Gasteiger partial charge in [0.25, 0.3) is 5.91 Å². The molecular weight excluding hydrogens is 367 g/mol. The van der Waals surface area contributed by atoms with Crippen molar-refractivity contribution in [2.45, 2.75) is 19.1 Å². The number of carbonyl (C=O) groups is 1. The third-order valence-corrected chi connectivity index (χ3v) is 5.98. The maximum Gasteiger partial charge on any atom is 0.253 e. The van der Waals surface area contributed by atoms with Crippen LogP contribution in [0.3, 0.4) is 0 Å². The second-order valence-electron chi connectivity index (χ2n) is 7.20. The second-order valence-corrected chi connectivity index (χ2v) is 8.58. The Morgan fingerprint density at radius 1 is 1.19 bits per heavy atom. The number of aryl methyl sites for hydroxylation is 1. The molecule has 1 atom stereocenters. The van der Waals surface area contributed by atoms with Crippen LogP contribution in [0.5, 0.6) is 0 Å². The van der Waals surface area contributed by atoms with Gasteiger partial charge in [0, 0.05) is 35.1 Å². The third kappa shape index (κ3) is 4.21. The molecule has 5 nitrogen and oxygen atoms in total. The standard InChI is InChI=1S/C20H23FN2O3S/c1-15-2-7-18(27-15)10-22-8-9-25-14-20(12-22)13-23(19(24)11-26-20)17-5-3-16(21)4-6-17/h2-7H,8-14H2,1H3. The molecule has 144 valence electrons. The maximum absolute atomic E-state index is 13.3. The van der Waals surface area contributed by atoms with Crippen molar-refractivity contribution in [2.24, 2.45) is 0 Å². The van der Waals surface area contributed by atoms with Crippen LogP contribution in [0.2, 0.25) is 0 Å². The van der Waals surface area contributed by atoms with Gasteiger partial charge in [0.2, 0.25) is 0 Å². The Balaban J connectivity index is 1.52. The molecule has 3 heterocycles. The molecule has 27 heavy (non-hydrogen) atoms. The molecule has 4 rings (SSSR count). The molecule has 1 unspecified atom stereocenters. The quantitative estimate of drug-likeness (QED) is 0.808. The van der Waals surface area contributed by atoms with Crippen LogP contribution in [-0.4, -0.2) is 55.9 Å². The number of nitrogens with zero attached hydrogens (tertiary/aromatic N) is 2. The Labute approximate surface area is 162 Å². The molecule has 0 N–H and O–H groups in total. The van der Waals surface area contributed by atoms with Gasteiger partial charge in [-0.1, -0.05) is 0 Å². The molecule has 1 amide bonds. The van der Waals surface area contributed by atoms with Crippen molar-refractivity contribution in [1.82, 2.24) is 4.90 Å². The number of morpholine rings is 1. The van der Waals surface area contributed by atoms with Gasteiger partial charge in [-0.05, 0) is 43.3 Å². The van der Waals surface area contributed by atoms with Crippen molar-refractivity contribution in [1.29, 1.82) is 0 Å². The molecule has 1 spiro atoms. The minimum absolute atomic E-state index is 0.00663. The van der Waals surface area contributed by atoms with Gasteiger partial charge in [-0.3, -0.25) is 9.69 Å². The number of rotatable bonds is 3. The predicted octanol–water partition coefficient (Wildman–Crippen LogP) is 2.83. The Bertz CT molecular complexity index is 810. The van der Waals surface area contributed by atoms with Gasteiger partial charge in [-0.25, -0.2) is 4.39 Å².